The molecule has 0 fully saturated rings. The standard InChI is InChI=1S/C26H30N2O8/c1-5-11(29)9-13-15-10(2)12-7-6-8-14(30)16(12)21(31)17(15)23(33)26(36)19(13)20(28(3)4)22(32)18(24(26)34)25(27)35/h6-8,10,13,15,19-20,30,32-33,36H,5,9H2,1-4H3,(H2,27,35)/t10-,13?,15+,19+,20-,26+/m1/s1. The SMILES string of the molecule is CCC(=O)CC1[C@H]2C(=C(O)[C@]3(O)C(=O)C(C(N)=O)=C(O)[C@H](N(C)C)[C@H]13)C(=O)c1c(O)cccc1[C@H]2C. The molecule has 3 aliphatic rings. The van der Waals surface area contributed by atoms with Crippen molar-refractivity contribution in [2.75, 3.05) is 14.1 Å². The van der Waals surface area contributed by atoms with Gasteiger partial charge in [0.15, 0.2) is 11.4 Å². The van der Waals surface area contributed by atoms with E-state index < -0.39 is 69.9 Å². The van der Waals surface area contributed by atoms with E-state index >= 15 is 0 Å². The van der Waals surface area contributed by atoms with Crippen LogP contribution >= 0.6 is 0 Å². The summed E-state index contributed by atoms with van der Waals surface area (Å²) in [6.45, 7) is 3.43. The predicted octanol–water partition coefficient (Wildman–Crippen LogP) is 1.28. The Kier molecular flexibility index (Phi) is 6.09. The number of Topliss-reactive ketones (excluding diaryl/α,β-unsaturated/α-hetero) is 3. The van der Waals surface area contributed by atoms with Gasteiger partial charge in [-0.1, -0.05) is 26.0 Å². The third-order valence-corrected chi connectivity index (χ3v) is 8.04. The number of hydrogen-bond donors (Lipinski definition) is 5. The molecule has 0 saturated heterocycles. The van der Waals surface area contributed by atoms with Gasteiger partial charge in [-0.3, -0.25) is 24.1 Å². The second kappa shape index (κ2) is 8.56. The molecule has 0 saturated carbocycles. The van der Waals surface area contributed by atoms with E-state index in [2.05, 4.69) is 0 Å². The number of carbonyl (C=O) groups excluding carboxylic acids is 4. The smallest absolute Gasteiger partial charge is 0.255 e. The van der Waals surface area contributed by atoms with Crippen molar-refractivity contribution in [2.24, 2.45) is 23.5 Å². The Morgan fingerprint density at radius 1 is 1.14 bits per heavy atom. The van der Waals surface area contributed by atoms with Gasteiger partial charge in [0, 0.05) is 30.3 Å². The molecule has 6 N–H and O–H groups in total. The molecular weight excluding hydrogens is 468 g/mol. The molecule has 1 aromatic rings. The molecule has 0 radical (unpaired) electrons. The molecule has 0 spiro atoms. The molecular formula is C26H30N2O8. The summed E-state index contributed by atoms with van der Waals surface area (Å²) in [5.74, 6) is -9.09. The molecule has 6 atom stereocenters. The Balaban J connectivity index is 2.11. The summed E-state index contributed by atoms with van der Waals surface area (Å²) in [6, 6.07) is 3.39. The maximum absolute atomic E-state index is 13.7. The number of amides is 1. The number of phenolic OH excluding ortho intramolecular Hbond substituents is 1. The minimum absolute atomic E-state index is 0.0636. The number of hydrogen-bond acceptors (Lipinski definition) is 9. The second-order valence-electron chi connectivity index (χ2n) is 10.1. The zero-order valence-electron chi connectivity index (χ0n) is 20.5. The van der Waals surface area contributed by atoms with E-state index in [4.69, 9.17) is 5.73 Å². The molecule has 0 heterocycles. The zero-order chi connectivity index (χ0) is 26.9. The maximum atomic E-state index is 13.7. The van der Waals surface area contributed by atoms with E-state index in [0.717, 1.165) is 0 Å². The normalized spacial score (nSPS) is 31.8. The quantitative estimate of drug-likeness (QED) is 0.374. The number of likely N-dealkylation sites (N-methyl/N-ethyl adjacent to an activating group) is 1. The molecule has 1 aromatic carbocycles. The number of aliphatic hydroxyl groups excluding tert-OH is 2. The minimum Gasteiger partial charge on any atom is -0.510 e. The molecule has 192 valence electrons. The number of fused-ring (bicyclic) bond motifs is 3. The average molecular weight is 499 g/mol. The van der Waals surface area contributed by atoms with Crippen molar-refractivity contribution in [1.82, 2.24) is 4.90 Å². The summed E-state index contributed by atoms with van der Waals surface area (Å²) in [5, 5.41) is 44.9. The number of carbonyl (C=O) groups is 4. The number of primary amides is 1. The number of aliphatic hydroxyl groups is 3. The zero-order valence-corrected chi connectivity index (χ0v) is 20.5. The number of allylic oxidation sites excluding steroid dienone is 1. The first-order valence-electron chi connectivity index (χ1n) is 11.8. The Morgan fingerprint density at radius 2 is 1.78 bits per heavy atom. The van der Waals surface area contributed by atoms with Crippen LogP contribution in [0.15, 0.2) is 40.9 Å². The average Bonchev–Trinajstić information content (AvgIpc) is 2.80. The van der Waals surface area contributed by atoms with E-state index in [1.807, 2.05) is 0 Å². The van der Waals surface area contributed by atoms with Crippen LogP contribution in [0.5, 0.6) is 5.75 Å². The van der Waals surface area contributed by atoms with Gasteiger partial charge >= 0.3 is 0 Å². The first-order chi connectivity index (χ1) is 16.8. The summed E-state index contributed by atoms with van der Waals surface area (Å²) < 4.78 is 0. The fourth-order valence-corrected chi connectivity index (χ4v) is 6.47. The van der Waals surface area contributed by atoms with Crippen LogP contribution < -0.4 is 5.73 Å². The van der Waals surface area contributed by atoms with Crippen LogP contribution in [-0.2, 0) is 14.4 Å². The fraction of sp³-hybridized carbons (Fsp3) is 0.462. The number of rotatable bonds is 5. The molecule has 36 heavy (non-hydrogen) atoms. The number of benzene rings is 1. The molecule has 10 heteroatoms. The number of nitrogens with zero attached hydrogens (tertiary/aromatic N) is 1. The van der Waals surface area contributed by atoms with Crippen molar-refractivity contribution >= 4 is 23.3 Å². The van der Waals surface area contributed by atoms with Crippen molar-refractivity contribution < 1.29 is 39.6 Å². The van der Waals surface area contributed by atoms with Gasteiger partial charge in [-0.15, -0.1) is 0 Å². The molecule has 0 aliphatic heterocycles. The summed E-state index contributed by atoms with van der Waals surface area (Å²) in [5.41, 5.74) is 1.84. The Bertz CT molecular complexity index is 1260. The van der Waals surface area contributed by atoms with Crippen LogP contribution in [0.3, 0.4) is 0 Å². The van der Waals surface area contributed by atoms with Crippen molar-refractivity contribution in [3.8, 4) is 5.75 Å². The van der Waals surface area contributed by atoms with Crippen LogP contribution in [0.2, 0.25) is 0 Å². The number of ketones is 3. The lowest BCUT2D eigenvalue weighted by atomic mass is 9.51. The van der Waals surface area contributed by atoms with Gasteiger partial charge < -0.3 is 26.2 Å². The minimum atomic E-state index is -2.81. The van der Waals surface area contributed by atoms with E-state index in [1.54, 1.807) is 40.1 Å². The summed E-state index contributed by atoms with van der Waals surface area (Å²) in [6.07, 6.45) is -0.0124. The lowest BCUT2D eigenvalue weighted by molar-refractivity contribution is -0.156. The van der Waals surface area contributed by atoms with Crippen LogP contribution in [0.4, 0.5) is 0 Å². The Hall–Kier alpha value is -3.50. The van der Waals surface area contributed by atoms with Gasteiger partial charge in [0.2, 0.25) is 5.78 Å². The highest BCUT2D eigenvalue weighted by Gasteiger charge is 2.67. The lowest BCUT2D eigenvalue weighted by Crippen LogP contribution is -2.67. The highest BCUT2D eigenvalue weighted by molar-refractivity contribution is 6.25. The van der Waals surface area contributed by atoms with Gasteiger partial charge in [0.05, 0.1) is 11.6 Å². The van der Waals surface area contributed by atoms with Gasteiger partial charge in [0.1, 0.15) is 28.6 Å². The molecule has 0 aromatic heterocycles. The third kappa shape index (κ3) is 3.24. The van der Waals surface area contributed by atoms with E-state index in [1.165, 1.54) is 11.0 Å². The fourth-order valence-electron chi connectivity index (χ4n) is 6.47. The maximum Gasteiger partial charge on any atom is 0.255 e. The molecule has 1 amide bonds. The monoisotopic (exact) mass is 498 g/mol. The van der Waals surface area contributed by atoms with Crippen LogP contribution in [-0.4, -0.2) is 74.3 Å². The van der Waals surface area contributed by atoms with Crippen molar-refractivity contribution in [2.45, 2.75) is 44.2 Å². The highest BCUT2D eigenvalue weighted by Crippen LogP contribution is 2.58. The predicted molar refractivity (Wildman–Crippen MR) is 127 cm³/mol. The van der Waals surface area contributed by atoms with Crippen molar-refractivity contribution in [1.29, 1.82) is 0 Å². The van der Waals surface area contributed by atoms with Crippen LogP contribution in [0.25, 0.3) is 0 Å². The van der Waals surface area contributed by atoms with Gasteiger partial charge in [-0.25, -0.2) is 0 Å². The van der Waals surface area contributed by atoms with Crippen molar-refractivity contribution in [3.63, 3.8) is 0 Å². The Labute approximate surface area is 207 Å². The van der Waals surface area contributed by atoms with Crippen molar-refractivity contribution in [3.05, 3.63) is 52.0 Å². The highest BCUT2D eigenvalue weighted by atomic mass is 16.3. The second-order valence-corrected chi connectivity index (χ2v) is 10.1. The molecule has 1 unspecified atom stereocenters. The summed E-state index contributed by atoms with van der Waals surface area (Å²) in [7, 11) is 3.10. The first kappa shape index (κ1) is 25.6. The first-order valence-corrected chi connectivity index (χ1v) is 11.8. The van der Waals surface area contributed by atoms with Crippen LogP contribution in [0, 0.1) is 17.8 Å². The van der Waals surface area contributed by atoms with E-state index in [-0.39, 0.29) is 35.5 Å². The van der Waals surface area contributed by atoms with Gasteiger partial charge in [-0.05, 0) is 37.6 Å². The van der Waals surface area contributed by atoms with E-state index in [9.17, 15) is 39.6 Å². The topological polar surface area (TPSA) is 178 Å². The van der Waals surface area contributed by atoms with Gasteiger partial charge in [-0.2, -0.15) is 0 Å². The molecule has 10 nitrogen and oxygen atoms in total. The van der Waals surface area contributed by atoms with Crippen LogP contribution in [0.1, 0.15) is 48.5 Å². The summed E-state index contributed by atoms with van der Waals surface area (Å²) in [4.78, 5) is 53.7. The third-order valence-electron chi connectivity index (χ3n) is 8.04. The largest absolute Gasteiger partial charge is 0.510 e. The molecule has 3 aliphatic carbocycles. The number of nitrogens with two attached hydrogens (primary N) is 1. The Morgan fingerprint density at radius 3 is 2.33 bits per heavy atom. The van der Waals surface area contributed by atoms with Gasteiger partial charge in [0.25, 0.3) is 5.91 Å². The number of aromatic hydroxyl groups is 1. The lowest BCUT2D eigenvalue weighted by Gasteiger charge is -2.55. The number of phenols is 1. The molecule has 4 rings (SSSR count). The summed E-state index contributed by atoms with van der Waals surface area (Å²) >= 11 is 0. The van der Waals surface area contributed by atoms with E-state index in [0.29, 0.717) is 5.56 Å². The molecule has 0 bridgehead atoms.